The highest BCUT2D eigenvalue weighted by Crippen LogP contribution is 2.46. The minimum absolute atomic E-state index is 0. The first-order chi connectivity index (χ1) is 15.6. The Bertz CT molecular complexity index is 962. The largest absolute Gasteiger partial charge is 0.462 e. The fourth-order valence-electron chi connectivity index (χ4n) is 6.59. The highest BCUT2D eigenvalue weighted by Gasteiger charge is 2.43. The lowest BCUT2D eigenvalue weighted by atomic mass is 9.72. The molecule has 1 aromatic carbocycles. The molecule has 5 heteroatoms. The van der Waals surface area contributed by atoms with E-state index in [1.807, 2.05) is 0 Å². The zero-order valence-corrected chi connectivity index (χ0v) is 21.4. The van der Waals surface area contributed by atoms with E-state index < -0.39 is 0 Å². The van der Waals surface area contributed by atoms with Gasteiger partial charge in [0.05, 0.1) is 5.92 Å². The number of piperidine rings is 1. The lowest BCUT2D eigenvalue weighted by Crippen LogP contribution is -2.52. The van der Waals surface area contributed by atoms with Crippen LogP contribution in [0, 0.1) is 5.92 Å². The molecule has 182 valence electrons. The van der Waals surface area contributed by atoms with Gasteiger partial charge in [0.1, 0.15) is 6.10 Å². The summed E-state index contributed by atoms with van der Waals surface area (Å²) < 4.78 is 8.51. The molecule has 1 aromatic heterocycles. The van der Waals surface area contributed by atoms with Gasteiger partial charge in [0.2, 0.25) is 0 Å². The standard InChI is InChI=1S/C28H40N2O2.ClH/c1-4-5-14-29-17-21(28(31)32-22-10-7-6-8-11-22)15-24-23-12-9-13-25-27(23)20(16-26(24)29)18-30(25)19(2)3;/h9,12-13,18-19,21-22,24,26H,4-8,10-11,14-17H2,1-3H3;1H/t21-,24?,26-;/m1./s1. The van der Waals surface area contributed by atoms with Crippen LogP contribution in [0.3, 0.4) is 0 Å². The summed E-state index contributed by atoms with van der Waals surface area (Å²) in [5.41, 5.74) is 4.32. The zero-order valence-electron chi connectivity index (χ0n) is 20.6. The Kier molecular flexibility index (Phi) is 7.75. The molecule has 0 bridgehead atoms. The number of hydrogen-bond acceptors (Lipinski definition) is 3. The first kappa shape index (κ1) is 24.6. The third kappa shape index (κ3) is 4.71. The predicted octanol–water partition coefficient (Wildman–Crippen LogP) is 6.65. The summed E-state index contributed by atoms with van der Waals surface area (Å²) in [6.45, 7) is 8.75. The average Bonchev–Trinajstić information content (AvgIpc) is 3.18. The van der Waals surface area contributed by atoms with Gasteiger partial charge in [0, 0.05) is 41.6 Å². The summed E-state index contributed by atoms with van der Waals surface area (Å²) in [5.74, 6) is 0.484. The number of halogens is 1. The molecule has 2 aliphatic carbocycles. The second-order valence-corrected chi connectivity index (χ2v) is 10.8. The fraction of sp³-hybridized carbons (Fsp3) is 0.679. The molecule has 0 radical (unpaired) electrons. The van der Waals surface area contributed by atoms with Gasteiger partial charge in [-0.3, -0.25) is 9.69 Å². The van der Waals surface area contributed by atoms with Crippen molar-refractivity contribution in [3.05, 3.63) is 35.5 Å². The number of carbonyl (C=O) groups excluding carboxylic acids is 1. The van der Waals surface area contributed by atoms with Gasteiger partial charge in [-0.15, -0.1) is 12.4 Å². The lowest BCUT2D eigenvalue weighted by Gasteiger charge is -2.46. The predicted molar refractivity (Wildman–Crippen MR) is 137 cm³/mol. The third-order valence-corrected chi connectivity index (χ3v) is 8.25. The van der Waals surface area contributed by atoms with Crippen LogP contribution in [0.4, 0.5) is 0 Å². The molecule has 2 heterocycles. The van der Waals surface area contributed by atoms with Crippen molar-refractivity contribution >= 4 is 29.3 Å². The number of esters is 1. The Labute approximate surface area is 205 Å². The Morgan fingerprint density at radius 3 is 2.70 bits per heavy atom. The van der Waals surface area contributed by atoms with Crippen LogP contribution in [0.15, 0.2) is 24.4 Å². The zero-order chi connectivity index (χ0) is 22.2. The van der Waals surface area contributed by atoms with Gasteiger partial charge in [0.15, 0.2) is 0 Å². The van der Waals surface area contributed by atoms with Crippen molar-refractivity contribution in [3.8, 4) is 0 Å². The van der Waals surface area contributed by atoms with Gasteiger partial charge >= 0.3 is 5.97 Å². The van der Waals surface area contributed by atoms with E-state index in [1.165, 1.54) is 54.1 Å². The van der Waals surface area contributed by atoms with Gasteiger partial charge in [-0.1, -0.05) is 31.9 Å². The number of benzene rings is 1. The minimum atomic E-state index is -0.000904. The number of unbranched alkanes of at least 4 members (excludes halogenated alkanes) is 1. The molecule has 1 saturated carbocycles. The lowest BCUT2D eigenvalue weighted by molar-refractivity contribution is -0.158. The third-order valence-electron chi connectivity index (χ3n) is 8.25. The Morgan fingerprint density at radius 1 is 1.18 bits per heavy atom. The van der Waals surface area contributed by atoms with E-state index >= 15 is 0 Å². The second-order valence-electron chi connectivity index (χ2n) is 10.8. The van der Waals surface area contributed by atoms with Gasteiger partial charge in [-0.2, -0.15) is 0 Å². The van der Waals surface area contributed by atoms with Crippen LogP contribution in [-0.2, 0) is 16.0 Å². The van der Waals surface area contributed by atoms with Crippen LogP contribution in [0.25, 0.3) is 10.9 Å². The number of likely N-dealkylation sites (tertiary alicyclic amines) is 1. The maximum atomic E-state index is 13.3. The first-order valence-corrected chi connectivity index (χ1v) is 13.1. The molecular weight excluding hydrogens is 432 g/mol. The molecule has 0 spiro atoms. The normalized spacial score (nSPS) is 25.6. The molecule has 1 aliphatic heterocycles. The van der Waals surface area contributed by atoms with E-state index in [-0.39, 0.29) is 30.4 Å². The van der Waals surface area contributed by atoms with Crippen LogP contribution in [0.2, 0.25) is 0 Å². The Balaban J connectivity index is 0.00000259. The molecule has 0 amide bonds. The molecule has 2 aromatic rings. The topological polar surface area (TPSA) is 34.5 Å². The van der Waals surface area contributed by atoms with E-state index in [1.54, 1.807) is 0 Å². The van der Waals surface area contributed by atoms with Crippen LogP contribution in [0.1, 0.15) is 95.2 Å². The van der Waals surface area contributed by atoms with Gasteiger partial charge in [0.25, 0.3) is 0 Å². The van der Waals surface area contributed by atoms with Crippen molar-refractivity contribution in [1.82, 2.24) is 9.47 Å². The number of carbonyl (C=O) groups is 1. The van der Waals surface area contributed by atoms with Crippen molar-refractivity contribution < 1.29 is 9.53 Å². The van der Waals surface area contributed by atoms with Gasteiger partial charge in [-0.05, 0) is 82.5 Å². The molecular formula is C28H41ClN2O2. The number of aromatic nitrogens is 1. The summed E-state index contributed by atoms with van der Waals surface area (Å²) in [4.78, 5) is 15.9. The number of hydrogen-bond donors (Lipinski definition) is 0. The van der Waals surface area contributed by atoms with Gasteiger partial charge in [-0.25, -0.2) is 0 Å². The van der Waals surface area contributed by atoms with Crippen molar-refractivity contribution in [2.24, 2.45) is 5.92 Å². The van der Waals surface area contributed by atoms with E-state index in [9.17, 15) is 4.79 Å². The minimum Gasteiger partial charge on any atom is -0.462 e. The van der Waals surface area contributed by atoms with Crippen LogP contribution in [0.5, 0.6) is 0 Å². The van der Waals surface area contributed by atoms with Crippen LogP contribution >= 0.6 is 12.4 Å². The monoisotopic (exact) mass is 472 g/mol. The molecule has 1 unspecified atom stereocenters. The molecule has 2 fully saturated rings. The van der Waals surface area contributed by atoms with Crippen molar-refractivity contribution in [2.45, 2.75) is 103 Å². The number of nitrogens with zero attached hydrogens (tertiary/aromatic N) is 2. The Morgan fingerprint density at radius 2 is 1.97 bits per heavy atom. The van der Waals surface area contributed by atoms with E-state index in [0.717, 1.165) is 38.8 Å². The molecule has 3 atom stereocenters. The Hall–Kier alpha value is -1.52. The maximum absolute atomic E-state index is 13.3. The molecule has 4 nitrogen and oxygen atoms in total. The van der Waals surface area contributed by atoms with Crippen molar-refractivity contribution in [3.63, 3.8) is 0 Å². The molecule has 5 rings (SSSR count). The second kappa shape index (κ2) is 10.4. The van der Waals surface area contributed by atoms with Crippen LogP contribution < -0.4 is 0 Å². The molecule has 33 heavy (non-hydrogen) atoms. The molecule has 0 N–H and O–H groups in total. The maximum Gasteiger partial charge on any atom is 0.310 e. The quantitative estimate of drug-likeness (QED) is 0.441. The van der Waals surface area contributed by atoms with E-state index in [4.69, 9.17) is 4.74 Å². The van der Waals surface area contributed by atoms with Crippen LogP contribution in [-0.4, -0.2) is 40.7 Å². The van der Waals surface area contributed by atoms with E-state index in [2.05, 4.69) is 54.6 Å². The highest BCUT2D eigenvalue weighted by molar-refractivity contribution is 5.89. The number of rotatable bonds is 6. The summed E-state index contributed by atoms with van der Waals surface area (Å²) >= 11 is 0. The SMILES string of the molecule is CCCCN1C[C@H](C(=O)OC2CCCCC2)CC2c3cccc4c3c(cn4C(C)C)C[C@H]21.Cl. The van der Waals surface area contributed by atoms with Gasteiger partial charge < -0.3 is 9.30 Å². The summed E-state index contributed by atoms with van der Waals surface area (Å²) in [6.07, 6.45) is 12.8. The number of fused-ring (bicyclic) bond motifs is 2. The summed E-state index contributed by atoms with van der Waals surface area (Å²) in [5, 5.41) is 1.46. The first-order valence-electron chi connectivity index (χ1n) is 13.1. The highest BCUT2D eigenvalue weighted by atomic mass is 35.5. The fourth-order valence-corrected chi connectivity index (χ4v) is 6.59. The van der Waals surface area contributed by atoms with Crippen molar-refractivity contribution in [2.75, 3.05) is 13.1 Å². The smallest absolute Gasteiger partial charge is 0.310 e. The van der Waals surface area contributed by atoms with E-state index in [0.29, 0.717) is 18.0 Å². The van der Waals surface area contributed by atoms with Crippen molar-refractivity contribution in [1.29, 1.82) is 0 Å². The molecule has 1 saturated heterocycles. The average molecular weight is 473 g/mol. The number of ether oxygens (including phenoxy) is 1. The summed E-state index contributed by atoms with van der Waals surface area (Å²) in [6, 6.07) is 7.79. The summed E-state index contributed by atoms with van der Waals surface area (Å²) in [7, 11) is 0. The molecule has 3 aliphatic rings.